The molecule has 2 aromatic heterocycles. The summed E-state index contributed by atoms with van der Waals surface area (Å²) in [5.74, 6) is 2.40. The Balaban J connectivity index is 1.41. The minimum absolute atomic E-state index is 0.493. The van der Waals surface area contributed by atoms with Gasteiger partial charge in [0.25, 0.3) is 0 Å². The van der Waals surface area contributed by atoms with Crippen molar-refractivity contribution in [1.29, 1.82) is 0 Å². The van der Waals surface area contributed by atoms with Gasteiger partial charge in [0.1, 0.15) is 5.82 Å². The third-order valence-electron chi connectivity index (χ3n) is 4.76. The van der Waals surface area contributed by atoms with E-state index in [1.54, 1.807) is 0 Å². The number of H-pyrrole nitrogens is 1. The summed E-state index contributed by atoms with van der Waals surface area (Å²) in [5, 5.41) is 0. The zero-order valence-corrected chi connectivity index (χ0v) is 14.5. The third-order valence-corrected chi connectivity index (χ3v) is 4.76. The largest absolute Gasteiger partial charge is 0.346 e. The molecule has 4 rings (SSSR count). The predicted molar refractivity (Wildman–Crippen MR) is 98.0 cm³/mol. The Morgan fingerprint density at radius 2 is 1.88 bits per heavy atom. The maximum absolute atomic E-state index is 4.54. The van der Waals surface area contributed by atoms with Crippen molar-refractivity contribution in [2.24, 2.45) is 0 Å². The lowest BCUT2D eigenvalue weighted by molar-refractivity contribution is 0.196. The Morgan fingerprint density at radius 3 is 2.60 bits per heavy atom. The quantitative estimate of drug-likeness (QED) is 0.793. The van der Waals surface area contributed by atoms with Crippen molar-refractivity contribution < 1.29 is 0 Å². The molecule has 1 N–H and O–H groups in total. The molecule has 1 aliphatic rings. The summed E-state index contributed by atoms with van der Waals surface area (Å²) in [5.41, 5.74) is 3.35. The van der Waals surface area contributed by atoms with Gasteiger partial charge >= 0.3 is 0 Å². The highest BCUT2D eigenvalue weighted by atomic mass is 15.1. The molecule has 1 saturated heterocycles. The Kier molecular flexibility index (Phi) is 4.57. The molecule has 5 nitrogen and oxygen atoms in total. The first-order valence-electron chi connectivity index (χ1n) is 8.88. The molecule has 1 fully saturated rings. The van der Waals surface area contributed by atoms with Crippen LogP contribution in [0.25, 0.3) is 11.4 Å². The molecule has 1 atom stereocenters. The molecular formula is C20H23N5. The van der Waals surface area contributed by atoms with Crippen LogP contribution in [0.2, 0.25) is 0 Å². The van der Waals surface area contributed by atoms with Crippen LogP contribution in [0, 0.1) is 6.92 Å². The number of nitrogens with one attached hydrogen (secondary N) is 1. The van der Waals surface area contributed by atoms with Gasteiger partial charge in [0.05, 0.1) is 0 Å². The molecule has 0 bridgehead atoms. The van der Waals surface area contributed by atoms with E-state index in [4.69, 9.17) is 0 Å². The van der Waals surface area contributed by atoms with E-state index in [0.717, 1.165) is 48.1 Å². The first-order valence-corrected chi connectivity index (χ1v) is 8.88. The molecule has 1 aromatic carbocycles. The average molecular weight is 333 g/mol. The number of aromatic amines is 1. The molecule has 3 heterocycles. The van der Waals surface area contributed by atoms with Crippen molar-refractivity contribution >= 4 is 0 Å². The Hall–Kier alpha value is -2.53. The van der Waals surface area contributed by atoms with Crippen LogP contribution in [0.5, 0.6) is 0 Å². The standard InChI is InChI=1S/C20H23N5/c1-15-10-21-20(24-15)18-8-5-9-25(14-18)13-16-11-22-19(23-12-16)17-6-3-2-4-7-17/h2-4,6-7,10-12,18H,5,8-9,13-14H2,1H3,(H,21,24). The van der Waals surface area contributed by atoms with E-state index in [9.17, 15) is 0 Å². The van der Waals surface area contributed by atoms with Crippen LogP contribution in [-0.2, 0) is 6.54 Å². The normalized spacial score (nSPS) is 18.4. The molecule has 5 heteroatoms. The number of hydrogen-bond donors (Lipinski definition) is 1. The summed E-state index contributed by atoms with van der Waals surface area (Å²) >= 11 is 0. The molecule has 0 radical (unpaired) electrons. The SMILES string of the molecule is Cc1cnc(C2CCCN(Cc3cnc(-c4ccccc4)nc3)C2)[nH]1. The van der Waals surface area contributed by atoms with E-state index in [1.165, 1.54) is 12.8 Å². The van der Waals surface area contributed by atoms with Gasteiger partial charge in [0.15, 0.2) is 5.82 Å². The molecule has 3 aromatic rings. The molecule has 0 amide bonds. The van der Waals surface area contributed by atoms with E-state index < -0.39 is 0 Å². The van der Waals surface area contributed by atoms with Gasteiger partial charge in [-0.05, 0) is 26.3 Å². The molecule has 0 aliphatic carbocycles. The number of rotatable bonds is 4. The third kappa shape index (κ3) is 3.77. The summed E-state index contributed by atoms with van der Waals surface area (Å²) in [7, 11) is 0. The minimum atomic E-state index is 0.493. The van der Waals surface area contributed by atoms with Gasteiger partial charge in [0, 0.05) is 54.4 Å². The Morgan fingerprint density at radius 1 is 1.08 bits per heavy atom. The second kappa shape index (κ2) is 7.15. The Bertz CT molecular complexity index is 810. The summed E-state index contributed by atoms with van der Waals surface area (Å²) < 4.78 is 0. The van der Waals surface area contributed by atoms with Crippen molar-refractivity contribution in [2.45, 2.75) is 32.2 Å². The molecule has 1 unspecified atom stereocenters. The Labute approximate surface area is 148 Å². The van der Waals surface area contributed by atoms with Crippen LogP contribution in [0.15, 0.2) is 48.9 Å². The van der Waals surface area contributed by atoms with E-state index in [-0.39, 0.29) is 0 Å². The minimum Gasteiger partial charge on any atom is -0.346 e. The number of piperidine rings is 1. The molecule has 1 aliphatic heterocycles. The van der Waals surface area contributed by atoms with Crippen molar-refractivity contribution in [3.05, 3.63) is 66.0 Å². The van der Waals surface area contributed by atoms with Crippen LogP contribution in [0.1, 0.15) is 35.8 Å². The van der Waals surface area contributed by atoms with E-state index in [1.807, 2.05) is 48.9 Å². The van der Waals surface area contributed by atoms with Gasteiger partial charge in [-0.3, -0.25) is 4.90 Å². The fourth-order valence-corrected chi connectivity index (χ4v) is 3.49. The fourth-order valence-electron chi connectivity index (χ4n) is 3.49. The monoisotopic (exact) mass is 333 g/mol. The van der Waals surface area contributed by atoms with Gasteiger partial charge in [-0.25, -0.2) is 15.0 Å². The summed E-state index contributed by atoms with van der Waals surface area (Å²) in [6.07, 6.45) is 8.23. The van der Waals surface area contributed by atoms with Crippen molar-refractivity contribution in [1.82, 2.24) is 24.8 Å². The number of likely N-dealkylation sites (tertiary alicyclic amines) is 1. The van der Waals surface area contributed by atoms with Crippen molar-refractivity contribution in [3.8, 4) is 11.4 Å². The lowest BCUT2D eigenvalue weighted by Gasteiger charge is -2.31. The lowest BCUT2D eigenvalue weighted by atomic mass is 9.97. The van der Waals surface area contributed by atoms with Crippen LogP contribution in [0.4, 0.5) is 0 Å². The maximum Gasteiger partial charge on any atom is 0.159 e. The highest BCUT2D eigenvalue weighted by molar-refractivity contribution is 5.53. The number of benzene rings is 1. The average Bonchev–Trinajstić information content (AvgIpc) is 3.10. The van der Waals surface area contributed by atoms with Crippen molar-refractivity contribution in [2.75, 3.05) is 13.1 Å². The van der Waals surface area contributed by atoms with Gasteiger partial charge in [-0.15, -0.1) is 0 Å². The highest BCUT2D eigenvalue weighted by Crippen LogP contribution is 2.25. The number of aryl methyl sites for hydroxylation is 1. The number of nitrogens with zero attached hydrogens (tertiary/aromatic N) is 4. The van der Waals surface area contributed by atoms with E-state index in [2.05, 4.69) is 31.8 Å². The maximum atomic E-state index is 4.54. The molecular weight excluding hydrogens is 310 g/mol. The molecule has 128 valence electrons. The van der Waals surface area contributed by atoms with Crippen LogP contribution >= 0.6 is 0 Å². The smallest absolute Gasteiger partial charge is 0.159 e. The second-order valence-electron chi connectivity index (χ2n) is 6.81. The molecule has 0 spiro atoms. The van der Waals surface area contributed by atoms with Gasteiger partial charge < -0.3 is 4.98 Å². The zero-order chi connectivity index (χ0) is 17.1. The highest BCUT2D eigenvalue weighted by Gasteiger charge is 2.23. The van der Waals surface area contributed by atoms with E-state index >= 15 is 0 Å². The molecule has 25 heavy (non-hydrogen) atoms. The van der Waals surface area contributed by atoms with Crippen LogP contribution < -0.4 is 0 Å². The van der Waals surface area contributed by atoms with Gasteiger partial charge in [0.2, 0.25) is 0 Å². The summed E-state index contributed by atoms with van der Waals surface area (Å²) in [6, 6.07) is 10.1. The second-order valence-corrected chi connectivity index (χ2v) is 6.81. The van der Waals surface area contributed by atoms with Gasteiger partial charge in [-0.1, -0.05) is 30.3 Å². The van der Waals surface area contributed by atoms with Gasteiger partial charge in [-0.2, -0.15) is 0 Å². The van der Waals surface area contributed by atoms with E-state index in [0.29, 0.717) is 5.92 Å². The lowest BCUT2D eigenvalue weighted by Crippen LogP contribution is -2.34. The first-order chi connectivity index (χ1) is 12.3. The van der Waals surface area contributed by atoms with Crippen LogP contribution in [0.3, 0.4) is 0 Å². The number of hydrogen-bond acceptors (Lipinski definition) is 4. The molecule has 0 saturated carbocycles. The summed E-state index contributed by atoms with van der Waals surface area (Å²) in [4.78, 5) is 19.5. The first kappa shape index (κ1) is 16.0. The van der Waals surface area contributed by atoms with Crippen LogP contribution in [-0.4, -0.2) is 37.9 Å². The predicted octanol–water partition coefficient (Wildman–Crippen LogP) is 3.55. The van der Waals surface area contributed by atoms with Crippen molar-refractivity contribution in [3.63, 3.8) is 0 Å². The fraction of sp³-hybridized carbons (Fsp3) is 0.350. The summed E-state index contributed by atoms with van der Waals surface area (Å²) in [6.45, 7) is 5.11. The zero-order valence-electron chi connectivity index (χ0n) is 14.5. The topological polar surface area (TPSA) is 57.7 Å². The number of aromatic nitrogens is 4. The number of imidazole rings is 1.